The number of nitrogens with zero attached hydrogens (tertiary/aromatic N) is 4. The van der Waals surface area contributed by atoms with Gasteiger partial charge in [-0.25, -0.2) is 5.48 Å². The number of benzene rings is 2. The van der Waals surface area contributed by atoms with Crippen LogP contribution < -0.4 is 10.8 Å². The summed E-state index contributed by atoms with van der Waals surface area (Å²) in [6.07, 6.45) is 1.23. The molecule has 0 saturated carbocycles. The summed E-state index contributed by atoms with van der Waals surface area (Å²) in [5.74, 6) is -0.272. The number of fused-ring (bicyclic) bond motifs is 1. The molecule has 1 aliphatic heterocycles. The minimum absolute atomic E-state index is 0.0811. The van der Waals surface area contributed by atoms with E-state index in [2.05, 4.69) is 20.5 Å². The normalized spacial score (nSPS) is 13.4. The number of piperazine rings is 1. The number of anilines is 1. The number of carbonyl (C=O) groups excluding carboxylic acids is 3. The van der Waals surface area contributed by atoms with Gasteiger partial charge in [0.25, 0.3) is 17.7 Å². The summed E-state index contributed by atoms with van der Waals surface area (Å²) in [6.45, 7) is 2.15. The van der Waals surface area contributed by atoms with Gasteiger partial charge in [0.1, 0.15) is 5.69 Å². The van der Waals surface area contributed by atoms with E-state index >= 15 is 0 Å². The molecule has 0 unspecified atom stereocenters. The van der Waals surface area contributed by atoms with Crippen LogP contribution in [0, 0.1) is 0 Å². The number of rotatable bonds is 6. The lowest BCUT2D eigenvalue weighted by Gasteiger charge is -2.34. The predicted molar refractivity (Wildman–Crippen MR) is 135 cm³/mol. The molecule has 2 aromatic carbocycles. The first-order chi connectivity index (χ1) is 18.0. The van der Waals surface area contributed by atoms with Crippen LogP contribution in [0.4, 0.5) is 5.82 Å². The molecule has 2 aromatic heterocycles. The van der Waals surface area contributed by atoms with Gasteiger partial charge in [0.2, 0.25) is 0 Å². The van der Waals surface area contributed by atoms with E-state index in [1.807, 2.05) is 48.5 Å². The molecule has 0 spiro atoms. The number of hydrogen-bond donors (Lipinski definition) is 4. The van der Waals surface area contributed by atoms with E-state index < -0.39 is 5.91 Å². The Hall–Kier alpha value is -4.77. The molecular weight excluding hydrogens is 474 g/mol. The van der Waals surface area contributed by atoms with Crippen LogP contribution in [0.25, 0.3) is 10.9 Å². The second kappa shape index (κ2) is 10.5. The zero-order valence-corrected chi connectivity index (χ0v) is 19.8. The van der Waals surface area contributed by atoms with Crippen LogP contribution in [0.15, 0.2) is 66.9 Å². The fourth-order valence-electron chi connectivity index (χ4n) is 4.23. The van der Waals surface area contributed by atoms with Crippen LogP contribution in [0.2, 0.25) is 0 Å². The number of carbonyl (C=O) groups is 3. The summed E-state index contributed by atoms with van der Waals surface area (Å²) in [5, 5.41) is 20.3. The van der Waals surface area contributed by atoms with Crippen molar-refractivity contribution in [2.75, 3.05) is 31.5 Å². The van der Waals surface area contributed by atoms with E-state index in [-0.39, 0.29) is 23.1 Å². The lowest BCUT2D eigenvalue weighted by molar-refractivity contribution is 0.0532. The van der Waals surface area contributed by atoms with E-state index in [0.717, 1.165) is 22.3 Å². The van der Waals surface area contributed by atoms with Gasteiger partial charge in [-0.3, -0.25) is 29.7 Å². The molecule has 11 nitrogen and oxygen atoms in total. The van der Waals surface area contributed by atoms with Crippen LogP contribution >= 0.6 is 0 Å². The van der Waals surface area contributed by atoms with Gasteiger partial charge in [-0.15, -0.1) is 0 Å². The molecular formula is C26H25N7O4. The largest absolute Gasteiger partial charge is 0.364 e. The maximum absolute atomic E-state index is 13.0. The van der Waals surface area contributed by atoms with Gasteiger partial charge < -0.3 is 15.1 Å². The highest BCUT2D eigenvalue weighted by atomic mass is 16.5. The standard InChI is InChI=1S/C26H25N7O4/c34-24(31-37)19-9-10-22(27-16-19)26(36)33-13-11-32(12-14-33)25(35)18-7-5-17(6-8-18)15-28-23-20-3-1-2-4-21(20)29-30-23/h1-10,16,37H,11-15H2,(H,31,34)(H2,28,29,30). The van der Waals surface area contributed by atoms with Crippen LogP contribution in [-0.2, 0) is 6.54 Å². The Balaban J connectivity index is 1.14. The molecule has 4 N–H and O–H groups in total. The van der Waals surface area contributed by atoms with E-state index in [9.17, 15) is 14.4 Å². The fourth-order valence-corrected chi connectivity index (χ4v) is 4.23. The van der Waals surface area contributed by atoms with Crippen molar-refractivity contribution in [3.8, 4) is 0 Å². The topological polar surface area (TPSA) is 144 Å². The molecule has 3 heterocycles. The molecule has 5 rings (SSSR count). The molecule has 11 heteroatoms. The van der Waals surface area contributed by atoms with Gasteiger partial charge in [-0.2, -0.15) is 5.10 Å². The number of hydroxylamine groups is 1. The Morgan fingerprint density at radius 1 is 0.865 bits per heavy atom. The van der Waals surface area contributed by atoms with Crippen molar-refractivity contribution < 1.29 is 19.6 Å². The average molecular weight is 500 g/mol. The fraction of sp³-hybridized carbons (Fsp3) is 0.192. The van der Waals surface area contributed by atoms with Crippen molar-refractivity contribution in [1.82, 2.24) is 30.5 Å². The second-order valence-electron chi connectivity index (χ2n) is 8.63. The Bertz CT molecular complexity index is 1430. The highest BCUT2D eigenvalue weighted by Crippen LogP contribution is 2.20. The molecule has 37 heavy (non-hydrogen) atoms. The van der Waals surface area contributed by atoms with Crippen molar-refractivity contribution in [2.45, 2.75) is 6.54 Å². The highest BCUT2D eigenvalue weighted by molar-refractivity contribution is 5.96. The summed E-state index contributed by atoms with van der Waals surface area (Å²) >= 11 is 0. The number of hydrogen-bond acceptors (Lipinski definition) is 7. The SMILES string of the molecule is O=C(NO)c1ccc(C(=O)N2CCN(C(=O)c3ccc(CNc4n[nH]c5ccccc45)cc3)CC2)nc1. The monoisotopic (exact) mass is 499 g/mol. The number of aromatic amines is 1. The Kier molecular flexibility index (Phi) is 6.77. The van der Waals surface area contributed by atoms with Crippen molar-refractivity contribution in [3.05, 3.63) is 89.2 Å². The van der Waals surface area contributed by atoms with Gasteiger partial charge in [0.15, 0.2) is 5.82 Å². The predicted octanol–water partition coefficient (Wildman–Crippen LogP) is 2.29. The molecule has 1 aliphatic rings. The van der Waals surface area contributed by atoms with Gasteiger partial charge in [-0.05, 0) is 42.0 Å². The Morgan fingerprint density at radius 3 is 2.22 bits per heavy atom. The molecule has 1 saturated heterocycles. The van der Waals surface area contributed by atoms with Gasteiger partial charge in [0, 0.05) is 49.9 Å². The van der Waals surface area contributed by atoms with Gasteiger partial charge in [0.05, 0.1) is 11.1 Å². The number of amides is 3. The summed E-state index contributed by atoms with van der Waals surface area (Å²) in [5.41, 5.74) is 4.44. The minimum atomic E-state index is -0.700. The number of pyridine rings is 1. The third-order valence-electron chi connectivity index (χ3n) is 6.33. The zero-order valence-electron chi connectivity index (χ0n) is 19.8. The van der Waals surface area contributed by atoms with Crippen LogP contribution in [0.3, 0.4) is 0 Å². The zero-order chi connectivity index (χ0) is 25.8. The summed E-state index contributed by atoms with van der Waals surface area (Å²) in [4.78, 5) is 44.6. The van der Waals surface area contributed by atoms with Crippen molar-refractivity contribution in [1.29, 1.82) is 0 Å². The van der Waals surface area contributed by atoms with E-state index in [4.69, 9.17) is 5.21 Å². The Labute approximate surface area is 212 Å². The quantitative estimate of drug-likeness (QED) is 0.235. The minimum Gasteiger partial charge on any atom is -0.364 e. The third kappa shape index (κ3) is 5.11. The number of nitrogens with one attached hydrogen (secondary N) is 3. The molecule has 0 aliphatic carbocycles. The lowest BCUT2D eigenvalue weighted by atomic mass is 10.1. The van der Waals surface area contributed by atoms with Crippen molar-refractivity contribution in [3.63, 3.8) is 0 Å². The molecule has 0 bridgehead atoms. The maximum Gasteiger partial charge on any atom is 0.276 e. The van der Waals surface area contributed by atoms with E-state index in [0.29, 0.717) is 38.3 Å². The number of H-pyrrole nitrogens is 1. The first-order valence-corrected chi connectivity index (χ1v) is 11.8. The molecule has 188 valence electrons. The van der Waals surface area contributed by atoms with Crippen LogP contribution in [0.1, 0.15) is 36.8 Å². The van der Waals surface area contributed by atoms with Crippen molar-refractivity contribution >= 4 is 34.4 Å². The van der Waals surface area contributed by atoms with Gasteiger partial charge >= 0.3 is 0 Å². The Morgan fingerprint density at radius 2 is 1.54 bits per heavy atom. The maximum atomic E-state index is 13.0. The third-order valence-corrected chi connectivity index (χ3v) is 6.33. The second-order valence-corrected chi connectivity index (χ2v) is 8.63. The van der Waals surface area contributed by atoms with E-state index in [1.54, 1.807) is 9.80 Å². The number of aromatic nitrogens is 3. The number of para-hydroxylation sites is 1. The molecule has 1 fully saturated rings. The lowest BCUT2D eigenvalue weighted by Crippen LogP contribution is -2.50. The molecule has 3 amide bonds. The van der Waals surface area contributed by atoms with Gasteiger partial charge in [-0.1, -0.05) is 24.3 Å². The first kappa shape index (κ1) is 23.9. The molecule has 0 atom stereocenters. The summed E-state index contributed by atoms with van der Waals surface area (Å²) < 4.78 is 0. The van der Waals surface area contributed by atoms with Crippen LogP contribution in [0.5, 0.6) is 0 Å². The highest BCUT2D eigenvalue weighted by Gasteiger charge is 2.26. The van der Waals surface area contributed by atoms with Crippen LogP contribution in [-0.4, -0.2) is 74.1 Å². The average Bonchev–Trinajstić information content (AvgIpc) is 3.38. The summed E-state index contributed by atoms with van der Waals surface area (Å²) in [6, 6.07) is 18.2. The first-order valence-electron chi connectivity index (χ1n) is 11.8. The molecule has 4 aromatic rings. The van der Waals surface area contributed by atoms with E-state index in [1.165, 1.54) is 23.8 Å². The smallest absolute Gasteiger partial charge is 0.276 e. The van der Waals surface area contributed by atoms with Crippen molar-refractivity contribution in [2.24, 2.45) is 0 Å². The summed E-state index contributed by atoms with van der Waals surface area (Å²) in [7, 11) is 0. The molecule has 0 radical (unpaired) electrons.